The van der Waals surface area contributed by atoms with Crippen LogP contribution in [0, 0.1) is 0 Å². The summed E-state index contributed by atoms with van der Waals surface area (Å²) in [6, 6.07) is 5.70. The van der Waals surface area contributed by atoms with Crippen molar-refractivity contribution in [3.8, 4) is 0 Å². The van der Waals surface area contributed by atoms with E-state index < -0.39 is 0 Å². The second-order valence-corrected chi connectivity index (χ2v) is 4.20. The molecule has 1 nitrogen and oxygen atoms in total. The predicted octanol–water partition coefficient (Wildman–Crippen LogP) is 2.79. The average molecular weight is 189 g/mol. The summed E-state index contributed by atoms with van der Waals surface area (Å²) in [4.78, 5) is 4.07. The zero-order valence-corrected chi connectivity index (χ0v) is 7.50. The van der Waals surface area contributed by atoms with Crippen LogP contribution >= 0.6 is 21.6 Å². The molecular formula is C7H8FNS2. The average Bonchev–Trinajstić information content (AvgIpc) is 2.07. The van der Waals surface area contributed by atoms with Gasteiger partial charge in [0.05, 0.1) is 6.67 Å². The topological polar surface area (TPSA) is 12.9 Å². The standard InChI is InChI=1S/C7H8FNS2/c8-4-6-10-11-7-3-1-2-5-9-7/h1-3,5H,4,6H2. The Kier molecular flexibility index (Phi) is 4.38. The van der Waals surface area contributed by atoms with Gasteiger partial charge < -0.3 is 0 Å². The molecule has 0 unspecified atom stereocenters. The molecular weight excluding hydrogens is 181 g/mol. The zero-order chi connectivity index (χ0) is 7.94. The molecule has 0 N–H and O–H groups in total. The Labute approximate surface area is 73.2 Å². The fourth-order valence-electron chi connectivity index (χ4n) is 0.530. The molecule has 0 saturated heterocycles. The minimum atomic E-state index is -0.273. The van der Waals surface area contributed by atoms with Gasteiger partial charge >= 0.3 is 0 Å². The first-order chi connectivity index (χ1) is 5.43. The molecule has 11 heavy (non-hydrogen) atoms. The number of hydrogen-bond donors (Lipinski definition) is 0. The van der Waals surface area contributed by atoms with E-state index in [-0.39, 0.29) is 6.67 Å². The Balaban J connectivity index is 2.28. The van der Waals surface area contributed by atoms with Crippen LogP contribution in [0.4, 0.5) is 4.39 Å². The Morgan fingerprint density at radius 2 is 2.36 bits per heavy atom. The lowest BCUT2D eigenvalue weighted by Crippen LogP contribution is -1.77. The first kappa shape index (κ1) is 8.87. The summed E-state index contributed by atoms with van der Waals surface area (Å²) < 4.78 is 11.6. The van der Waals surface area contributed by atoms with Gasteiger partial charge in [0.15, 0.2) is 0 Å². The van der Waals surface area contributed by atoms with Crippen LogP contribution in [0.1, 0.15) is 0 Å². The summed E-state index contributed by atoms with van der Waals surface area (Å²) in [6.07, 6.45) is 1.73. The second kappa shape index (κ2) is 5.43. The largest absolute Gasteiger partial charge is 0.250 e. The van der Waals surface area contributed by atoms with Gasteiger partial charge in [-0.3, -0.25) is 4.39 Å². The van der Waals surface area contributed by atoms with E-state index >= 15 is 0 Å². The van der Waals surface area contributed by atoms with Crippen LogP contribution in [0.15, 0.2) is 29.4 Å². The molecule has 0 saturated carbocycles. The zero-order valence-electron chi connectivity index (χ0n) is 5.87. The highest BCUT2D eigenvalue weighted by atomic mass is 33.1. The first-order valence-electron chi connectivity index (χ1n) is 3.20. The Morgan fingerprint density at radius 3 is 3.00 bits per heavy atom. The van der Waals surface area contributed by atoms with Crippen molar-refractivity contribution in [1.82, 2.24) is 4.98 Å². The van der Waals surface area contributed by atoms with Crippen LogP contribution in [0.5, 0.6) is 0 Å². The molecule has 0 spiro atoms. The molecule has 0 aromatic carbocycles. The molecule has 0 fully saturated rings. The van der Waals surface area contributed by atoms with Crippen LogP contribution in [-0.4, -0.2) is 17.4 Å². The quantitative estimate of drug-likeness (QED) is 0.534. The van der Waals surface area contributed by atoms with Gasteiger partial charge in [0.1, 0.15) is 5.03 Å². The lowest BCUT2D eigenvalue weighted by Gasteiger charge is -1.95. The van der Waals surface area contributed by atoms with Gasteiger partial charge in [0, 0.05) is 11.9 Å². The lowest BCUT2D eigenvalue weighted by atomic mass is 10.5. The third-order valence-corrected chi connectivity index (χ3v) is 3.16. The minimum Gasteiger partial charge on any atom is -0.250 e. The van der Waals surface area contributed by atoms with E-state index in [1.54, 1.807) is 6.20 Å². The van der Waals surface area contributed by atoms with Crippen molar-refractivity contribution >= 4 is 21.6 Å². The number of rotatable bonds is 4. The SMILES string of the molecule is FCCSSc1ccccn1. The predicted molar refractivity (Wildman–Crippen MR) is 48.5 cm³/mol. The van der Waals surface area contributed by atoms with Crippen molar-refractivity contribution in [3.05, 3.63) is 24.4 Å². The van der Waals surface area contributed by atoms with E-state index in [2.05, 4.69) is 4.98 Å². The molecule has 4 heteroatoms. The summed E-state index contributed by atoms with van der Waals surface area (Å²) in [5.41, 5.74) is 0. The van der Waals surface area contributed by atoms with Gasteiger partial charge in [0.25, 0.3) is 0 Å². The number of hydrogen-bond acceptors (Lipinski definition) is 3. The number of halogens is 1. The van der Waals surface area contributed by atoms with E-state index in [1.807, 2.05) is 18.2 Å². The van der Waals surface area contributed by atoms with Crippen LogP contribution in [-0.2, 0) is 0 Å². The number of nitrogens with zero attached hydrogens (tertiary/aromatic N) is 1. The molecule has 0 aliphatic rings. The number of aromatic nitrogens is 1. The lowest BCUT2D eigenvalue weighted by molar-refractivity contribution is 0.533. The maximum Gasteiger partial charge on any atom is 0.106 e. The highest BCUT2D eigenvalue weighted by Gasteiger charge is 1.92. The molecule has 1 aromatic heterocycles. The Hall–Kier alpha value is -0.220. The molecule has 1 rings (SSSR count). The van der Waals surface area contributed by atoms with Gasteiger partial charge in [-0.05, 0) is 22.9 Å². The van der Waals surface area contributed by atoms with Gasteiger partial charge in [-0.2, -0.15) is 0 Å². The first-order valence-corrected chi connectivity index (χ1v) is 5.52. The van der Waals surface area contributed by atoms with Gasteiger partial charge in [-0.1, -0.05) is 16.9 Å². The summed E-state index contributed by atoms with van der Waals surface area (Å²) in [6.45, 7) is -0.273. The van der Waals surface area contributed by atoms with Crippen molar-refractivity contribution < 1.29 is 4.39 Å². The monoisotopic (exact) mass is 189 g/mol. The summed E-state index contributed by atoms with van der Waals surface area (Å²) in [5, 5.41) is 0.936. The third-order valence-electron chi connectivity index (χ3n) is 0.943. The van der Waals surface area contributed by atoms with Crippen molar-refractivity contribution in [3.63, 3.8) is 0 Å². The van der Waals surface area contributed by atoms with Crippen molar-refractivity contribution in [2.75, 3.05) is 12.4 Å². The summed E-state index contributed by atoms with van der Waals surface area (Å²) >= 11 is 0. The molecule has 60 valence electrons. The van der Waals surface area contributed by atoms with E-state index in [0.717, 1.165) is 5.03 Å². The molecule has 1 aromatic rings. The van der Waals surface area contributed by atoms with E-state index in [1.165, 1.54) is 21.6 Å². The van der Waals surface area contributed by atoms with E-state index in [4.69, 9.17) is 0 Å². The van der Waals surface area contributed by atoms with Crippen LogP contribution in [0.25, 0.3) is 0 Å². The van der Waals surface area contributed by atoms with Gasteiger partial charge in [0.2, 0.25) is 0 Å². The highest BCUT2D eigenvalue weighted by molar-refractivity contribution is 8.76. The Bertz CT molecular complexity index is 193. The molecule has 0 aliphatic carbocycles. The van der Waals surface area contributed by atoms with Crippen LogP contribution in [0.3, 0.4) is 0 Å². The van der Waals surface area contributed by atoms with Crippen molar-refractivity contribution in [2.45, 2.75) is 5.03 Å². The molecule has 0 amide bonds. The van der Waals surface area contributed by atoms with E-state index in [9.17, 15) is 4.39 Å². The maximum atomic E-state index is 11.6. The van der Waals surface area contributed by atoms with Crippen molar-refractivity contribution in [1.29, 1.82) is 0 Å². The van der Waals surface area contributed by atoms with Crippen LogP contribution < -0.4 is 0 Å². The van der Waals surface area contributed by atoms with Crippen LogP contribution in [0.2, 0.25) is 0 Å². The molecule has 0 radical (unpaired) electrons. The molecule has 0 bridgehead atoms. The number of pyridine rings is 1. The number of alkyl halides is 1. The third kappa shape index (κ3) is 3.62. The summed E-state index contributed by atoms with van der Waals surface area (Å²) in [7, 11) is 3.00. The maximum absolute atomic E-state index is 11.6. The molecule has 0 aliphatic heterocycles. The van der Waals surface area contributed by atoms with E-state index in [0.29, 0.717) is 5.75 Å². The fourth-order valence-corrected chi connectivity index (χ4v) is 2.13. The highest BCUT2D eigenvalue weighted by Crippen LogP contribution is 2.28. The fraction of sp³-hybridized carbons (Fsp3) is 0.286. The van der Waals surface area contributed by atoms with Gasteiger partial charge in [-0.15, -0.1) is 0 Å². The normalized spacial score (nSPS) is 9.91. The summed E-state index contributed by atoms with van der Waals surface area (Å²) in [5.74, 6) is 0.529. The molecule has 0 atom stereocenters. The Morgan fingerprint density at radius 1 is 1.45 bits per heavy atom. The van der Waals surface area contributed by atoms with Gasteiger partial charge in [-0.25, -0.2) is 4.98 Å². The molecule has 1 heterocycles. The smallest absolute Gasteiger partial charge is 0.106 e. The second-order valence-electron chi connectivity index (χ2n) is 1.76. The van der Waals surface area contributed by atoms with Crippen molar-refractivity contribution in [2.24, 2.45) is 0 Å². The minimum absolute atomic E-state index is 0.273.